The molecule has 0 bridgehead atoms. The van der Waals surface area contributed by atoms with Gasteiger partial charge in [0, 0.05) is 82.3 Å². The van der Waals surface area contributed by atoms with Crippen molar-refractivity contribution in [2.45, 2.75) is 25.9 Å². The summed E-state index contributed by atoms with van der Waals surface area (Å²) in [6, 6.07) is 14.5. The Balaban J connectivity index is 0.000000224. The normalized spacial score (nSPS) is 16.0. The van der Waals surface area contributed by atoms with Crippen LogP contribution in [0.4, 0.5) is 20.4 Å². The minimum Gasteiger partial charge on any atom is -1.00 e. The first kappa shape index (κ1) is 39.4. The van der Waals surface area contributed by atoms with Gasteiger partial charge in [0.05, 0.1) is 50.9 Å². The Morgan fingerprint density at radius 3 is 1.65 bits per heavy atom. The summed E-state index contributed by atoms with van der Waals surface area (Å²) in [5.41, 5.74) is 8.16. The number of benzene rings is 2. The maximum atomic E-state index is 14.1. The average molecular weight is 716 g/mol. The van der Waals surface area contributed by atoms with Gasteiger partial charge >= 0.3 is 29.6 Å². The van der Waals surface area contributed by atoms with E-state index in [0.29, 0.717) is 57.1 Å². The molecule has 0 saturated carbocycles. The van der Waals surface area contributed by atoms with Crippen molar-refractivity contribution in [3.63, 3.8) is 0 Å². The SMILES string of the molecule is O=CCc1cc2c(cc1F)CN=C2c1ccnc(N2CCOCC2)c1.OCCc1cc2c(cc1F)CN=C2c1ccnc(N2CCOCC2)c1.[B].[H-].[Na+]. The Kier molecular flexibility index (Phi) is 13.8. The average Bonchev–Trinajstić information content (AvgIpc) is 3.77. The molecule has 52 heavy (non-hydrogen) atoms. The second-order valence-electron chi connectivity index (χ2n) is 12.4. The summed E-state index contributed by atoms with van der Waals surface area (Å²) in [4.78, 5) is 33.3. The maximum Gasteiger partial charge on any atom is 1.00 e. The summed E-state index contributed by atoms with van der Waals surface area (Å²) in [5.74, 6) is 1.20. The van der Waals surface area contributed by atoms with Crippen LogP contribution < -0.4 is 39.4 Å². The molecule has 2 aromatic heterocycles. The van der Waals surface area contributed by atoms with Crippen molar-refractivity contribution in [2.24, 2.45) is 9.98 Å². The zero-order valence-electron chi connectivity index (χ0n) is 30.2. The molecule has 1 N–H and O–H groups in total. The van der Waals surface area contributed by atoms with E-state index >= 15 is 0 Å². The molecule has 0 unspecified atom stereocenters. The molecule has 0 amide bonds. The largest absolute Gasteiger partial charge is 1.00 e. The number of hydrogen-bond donors (Lipinski definition) is 1. The fraction of sp³-hybridized carbons (Fsp3) is 0.342. The van der Waals surface area contributed by atoms with Gasteiger partial charge in [0.25, 0.3) is 0 Å². The van der Waals surface area contributed by atoms with Gasteiger partial charge in [-0.3, -0.25) is 9.98 Å². The van der Waals surface area contributed by atoms with Gasteiger partial charge in [0.1, 0.15) is 29.6 Å². The van der Waals surface area contributed by atoms with Gasteiger partial charge in [-0.2, -0.15) is 0 Å². The summed E-state index contributed by atoms with van der Waals surface area (Å²) in [6.45, 7) is 6.96. The molecule has 2 saturated heterocycles. The van der Waals surface area contributed by atoms with Crippen LogP contribution >= 0.6 is 0 Å². The van der Waals surface area contributed by atoms with E-state index in [0.717, 1.165) is 88.9 Å². The number of ether oxygens (including phenoxy) is 2. The fourth-order valence-electron chi connectivity index (χ4n) is 6.63. The number of rotatable bonds is 8. The molecule has 2 aromatic carbocycles. The molecule has 0 atom stereocenters. The number of nitrogens with zero attached hydrogens (tertiary/aromatic N) is 6. The van der Waals surface area contributed by atoms with Crippen molar-refractivity contribution < 1.29 is 59.1 Å². The number of aromatic nitrogens is 2. The molecule has 263 valence electrons. The smallest absolute Gasteiger partial charge is 1.00 e. The van der Waals surface area contributed by atoms with E-state index in [1.807, 2.05) is 30.3 Å². The van der Waals surface area contributed by atoms with Gasteiger partial charge in [-0.15, -0.1) is 0 Å². The maximum absolute atomic E-state index is 14.1. The molecule has 6 heterocycles. The summed E-state index contributed by atoms with van der Waals surface area (Å²) >= 11 is 0. The van der Waals surface area contributed by atoms with E-state index in [-0.39, 0.29) is 64.1 Å². The molecule has 10 nitrogen and oxygen atoms in total. The Bertz CT molecular complexity index is 1960. The summed E-state index contributed by atoms with van der Waals surface area (Å²) in [6.07, 6.45) is 4.67. The standard InChI is InChI=1S/C19H20FN3O2.C19H18FN3O2.B.Na.H/c2*20-17-10-15-12-22-19(16(15)9-13(17)2-6-24)14-1-3-21-18(11-14)23-4-7-25-8-5-23;;;/h1,3,9-11,24H,2,4-8,12H2;1,3,6,9-11H,2,4-5,7-8,12H2;;;/q;;;+1;-1. The molecular formula is C38H39BF2N6NaO4. The fourth-order valence-corrected chi connectivity index (χ4v) is 6.63. The first-order chi connectivity index (χ1) is 24.5. The number of anilines is 2. The van der Waals surface area contributed by atoms with Crippen molar-refractivity contribution in [1.82, 2.24) is 9.97 Å². The molecule has 4 aromatic rings. The van der Waals surface area contributed by atoms with E-state index in [2.05, 4.69) is 29.8 Å². The van der Waals surface area contributed by atoms with Crippen LogP contribution in [0.25, 0.3) is 0 Å². The van der Waals surface area contributed by atoms with Gasteiger partial charge in [0.15, 0.2) is 0 Å². The Morgan fingerprint density at radius 2 is 1.19 bits per heavy atom. The molecule has 4 aliphatic heterocycles. The van der Waals surface area contributed by atoms with E-state index in [9.17, 15) is 13.6 Å². The van der Waals surface area contributed by atoms with Gasteiger partial charge in [0.2, 0.25) is 0 Å². The number of carbonyl (C=O) groups is 1. The van der Waals surface area contributed by atoms with Crippen LogP contribution in [0.15, 0.2) is 70.9 Å². The number of aldehydes is 1. The molecule has 0 spiro atoms. The summed E-state index contributed by atoms with van der Waals surface area (Å²) < 4.78 is 38.9. The Hall–Kier alpha value is -3.85. The van der Waals surface area contributed by atoms with Crippen molar-refractivity contribution in [1.29, 1.82) is 0 Å². The number of fused-ring (bicyclic) bond motifs is 2. The monoisotopic (exact) mass is 715 g/mol. The Morgan fingerprint density at radius 1 is 0.731 bits per heavy atom. The zero-order chi connectivity index (χ0) is 34.5. The molecule has 0 aliphatic carbocycles. The number of hydrogen-bond acceptors (Lipinski definition) is 10. The summed E-state index contributed by atoms with van der Waals surface area (Å²) in [7, 11) is 0. The zero-order valence-corrected chi connectivity index (χ0v) is 31.2. The first-order valence-electron chi connectivity index (χ1n) is 16.9. The number of aliphatic hydroxyl groups excluding tert-OH is 1. The third kappa shape index (κ3) is 8.67. The van der Waals surface area contributed by atoms with E-state index < -0.39 is 0 Å². The van der Waals surface area contributed by atoms with Gasteiger partial charge in [-0.05, 0) is 77.2 Å². The molecule has 8 rings (SSSR count). The first-order valence-corrected chi connectivity index (χ1v) is 16.9. The second-order valence-corrected chi connectivity index (χ2v) is 12.4. The predicted molar refractivity (Wildman–Crippen MR) is 193 cm³/mol. The van der Waals surface area contributed by atoms with Crippen LogP contribution in [-0.2, 0) is 40.2 Å². The van der Waals surface area contributed by atoms with Crippen LogP contribution in [0.3, 0.4) is 0 Å². The van der Waals surface area contributed by atoms with Crippen LogP contribution in [0.1, 0.15) is 45.9 Å². The third-order valence-electron chi connectivity index (χ3n) is 9.26. The number of halogens is 2. The predicted octanol–water partition coefficient (Wildman–Crippen LogP) is 0.829. The Labute approximate surface area is 327 Å². The minimum absolute atomic E-state index is 0. The summed E-state index contributed by atoms with van der Waals surface area (Å²) in [5, 5.41) is 9.14. The van der Waals surface area contributed by atoms with Crippen molar-refractivity contribution in [2.75, 3.05) is 69.0 Å². The van der Waals surface area contributed by atoms with Crippen LogP contribution in [-0.4, -0.2) is 100 Å². The number of aliphatic imine (C=N–C) groups is 2. The van der Waals surface area contributed by atoms with Crippen molar-refractivity contribution in [3.8, 4) is 0 Å². The topological polar surface area (TPSA) is 113 Å². The second kappa shape index (κ2) is 18.3. The molecule has 14 heteroatoms. The van der Waals surface area contributed by atoms with E-state index in [1.165, 1.54) is 6.07 Å². The third-order valence-corrected chi connectivity index (χ3v) is 9.26. The van der Waals surface area contributed by atoms with Gasteiger partial charge < -0.3 is 30.6 Å². The van der Waals surface area contributed by atoms with Gasteiger partial charge in [-0.1, -0.05) is 0 Å². The van der Waals surface area contributed by atoms with Gasteiger partial charge in [-0.25, -0.2) is 18.7 Å². The van der Waals surface area contributed by atoms with E-state index in [1.54, 1.807) is 24.5 Å². The quantitative estimate of drug-likeness (QED) is 0.211. The molecular weight excluding hydrogens is 676 g/mol. The van der Waals surface area contributed by atoms with Crippen LogP contribution in [0.5, 0.6) is 0 Å². The van der Waals surface area contributed by atoms with Crippen molar-refractivity contribution in [3.05, 3.63) is 117 Å². The van der Waals surface area contributed by atoms with Crippen molar-refractivity contribution >= 4 is 37.8 Å². The number of carbonyl (C=O) groups excluding carboxylic acids is 1. The minimum atomic E-state index is -0.342. The number of pyridine rings is 2. The number of morpholine rings is 2. The molecule has 3 radical (unpaired) electrons. The van der Waals surface area contributed by atoms with Crippen LogP contribution in [0.2, 0.25) is 0 Å². The molecule has 4 aliphatic rings. The van der Waals surface area contributed by atoms with Crippen LogP contribution in [0, 0.1) is 11.6 Å². The number of aliphatic hydroxyl groups is 1. The molecule has 2 fully saturated rings. The van der Waals surface area contributed by atoms with E-state index in [4.69, 9.17) is 14.6 Å².